The van der Waals surface area contributed by atoms with Gasteiger partial charge < -0.3 is 5.32 Å². The van der Waals surface area contributed by atoms with Gasteiger partial charge in [0.2, 0.25) is 0 Å². The molecule has 166 valence electrons. The molecule has 1 aliphatic rings. The largest absolute Gasteiger partial charge is 0.348 e. The molecule has 33 heavy (non-hydrogen) atoms. The van der Waals surface area contributed by atoms with Crippen molar-refractivity contribution < 1.29 is 4.79 Å². The van der Waals surface area contributed by atoms with Crippen molar-refractivity contribution >= 4 is 29.1 Å². The van der Waals surface area contributed by atoms with Crippen LogP contribution in [0.3, 0.4) is 0 Å². The van der Waals surface area contributed by atoms with Crippen LogP contribution in [0.1, 0.15) is 47.4 Å². The van der Waals surface area contributed by atoms with Crippen molar-refractivity contribution in [2.45, 2.75) is 37.0 Å². The summed E-state index contributed by atoms with van der Waals surface area (Å²) < 4.78 is 0. The first-order chi connectivity index (χ1) is 16.1. The molecule has 0 fully saturated rings. The van der Waals surface area contributed by atoms with E-state index in [1.165, 1.54) is 5.57 Å². The lowest BCUT2D eigenvalue weighted by Crippen LogP contribution is -2.25. The van der Waals surface area contributed by atoms with E-state index in [2.05, 4.69) is 35.4 Å². The molecule has 4 nitrogen and oxygen atoms in total. The van der Waals surface area contributed by atoms with E-state index < -0.39 is 0 Å². The van der Waals surface area contributed by atoms with Crippen LogP contribution in [0, 0.1) is 6.92 Å². The van der Waals surface area contributed by atoms with E-state index in [1.54, 1.807) is 18.0 Å². The summed E-state index contributed by atoms with van der Waals surface area (Å²) in [7, 11) is 0. The summed E-state index contributed by atoms with van der Waals surface area (Å²) in [5.74, 6) is -0.102. The number of aromatic nitrogens is 1. The lowest BCUT2D eigenvalue weighted by Gasteiger charge is -2.10. The number of rotatable bonds is 6. The number of hydrogen-bond acceptors (Lipinski definition) is 4. The van der Waals surface area contributed by atoms with Crippen LogP contribution in [-0.4, -0.2) is 23.1 Å². The number of hydrogen-bond donors (Lipinski definition) is 1. The van der Waals surface area contributed by atoms with Gasteiger partial charge in [-0.3, -0.25) is 9.78 Å². The Hall–Kier alpha value is -3.44. The second kappa shape index (κ2) is 10.5. The van der Waals surface area contributed by atoms with Crippen molar-refractivity contribution in [3.05, 3.63) is 107 Å². The topological polar surface area (TPSA) is 54.4 Å². The Morgan fingerprint density at radius 3 is 2.73 bits per heavy atom. The van der Waals surface area contributed by atoms with Crippen LogP contribution in [0.15, 0.2) is 99.4 Å². The maximum absolute atomic E-state index is 12.9. The molecule has 1 amide bonds. The maximum Gasteiger partial charge on any atom is 0.251 e. The summed E-state index contributed by atoms with van der Waals surface area (Å²) in [5.41, 5.74) is 6.35. The normalized spacial score (nSPS) is 13.2. The number of fused-ring (bicyclic) bond motifs is 2. The fourth-order valence-corrected chi connectivity index (χ4v) is 4.63. The van der Waals surface area contributed by atoms with Crippen LogP contribution in [-0.2, 0) is 0 Å². The van der Waals surface area contributed by atoms with Crippen molar-refractivity contribution in [1.29, 1.82) is 0 Å². The lowest BCUT2D eigenvalue weighted by atomic mass is 10.0. The lowest BCUT2D eigenvalue weighted by molar-refractivity contribution is 0.0956. The van der Waals surface area contributed by atoms with Gasteiger partial charge in [0.25, 0.3) is 5.91 Å². The molecule has 5 heteroatoms. The third kappa shape index (κ3) is 5.15. The highest BCUT2D eigenvalue weighted by Gasteiger charge is 2.21. The molecule has 2 heterocycles. The molecular formula is C28H27N3OS. The summed E-state index contributed by atoms with van der Waals surface area (Å²) in [6.45, 7) is 6.64. The van der Waals surface area contributed by atoms with Crippen molar-refractivity contribution in [2.75, 3.05) is 6.54 Å². The summed E-state index contributed by atoms with van der Waals surface area (Å²) in [6.07, 6.45) is 8.72. The molecular weight excluding hydrogens is 426 g/mol. The van der Waals surface area contributed by atoms with E-state index >= 15 is 0 Å². The molecule has 0 bridgehead atoms. The Labute approximate surface area is 199 Å². The molecule has 2 aromatic carbocycles. The summed E-state index contributed by atoms with van der Waals surface area (Å²) in [6, 6.07) is 18.0. The van der Waals surface area contributed by atoms with Gasteiger partial charge in [-0.2, -0.15) is 0 Å². The summed E-state index contributed by atoms with van der Waals surface area (Å²) >= 11 is 1.67. The van der Waals surface area contributed by atoms with Crippen LogP contribution < -0.4 is 5.32 Å². The zero-order valence-electron chi connectivity index (χ0n) is 19.1. The Bertz CT molecular complexity index is 1270. The minimum atomic E-state index is -0.102. The molecule has 4 rings (SSSR count). The first kappa shape index (κ1) is 22.7. The highest BCUT2D eigenvalue weighted by Crippen LogP contribution is 2.41. The van der Waals surface area contributed by atoms with Gasteiger partial charge in [0.05, 0.1) is 17.1 Å². The number of carbonyl (C=O) groups is 1. The number of carbonyl (C=O) groups excluding carboxylic acids is 1. The van der Waals surface area contributed by atoms with Gasteiger partial charge in [-0.15, -0.1) is 0 Å². The van der Waals surface area contributed by atoms with Gasteiger partial charge in [0.1, 0.15) is 0 Å². The van der Waals surface area contributed by atoms with Crippen LogP contribution in [0.4, 0.5) is 5.69 Å². The molecule has 0 atom stereocenters. The van der Waals surface area contributed by atoms with Gasteiger partial charge in [0, 0.05) is 33.7 Å². The van der Waals surface area contributed by atoms with Crippen LogP contribution in [0.25, 0.3) is 0 Å². The third-order valence-corrected chi connectivity index (χ3v) is 6.64. The van der Waals surface area contributed by atoms with Crippen molar-refractivity contribution in [2.24, 2.45) is 4.99 Å². The van der Waals surface area contributed by atoms with Gasteiger partial charge in [0.15, 0.2) is 0 Å². The average Bonchev–Trinajstić information content (AvgIpc) is 3.00. The van der Waals surface area contributed by atoms with Crippen LogP contribution in [0.2, 0.25) is 0 Å². The molecule has 0 saturated heterocycles. The Morgan fingerprint density at radius 2 is 1.94 bits per heavy atom. The van der Waals surface area contributed by atoms with E-state index in [1.807, 2.05) is 68.5 Å². The quantitative estimate of drug-likeness (QED) is 0.332. The zero-order chi connectivity index (χ0) is 23.2. The fraction of sp³-hybridized carbons (Fsp3) is 0.179. The third-order valence-electron chi connectivity index (χ3n) is 5.50. The molecule has 0 spiro atoms. The molecule has 1 aliphatic heterocycles. The van der Waals surface area contributed by atoms with Crippen LogP contribution >= 0.6 is 11.8 Å². The number of nitrogens with zero attached hydrogens (tertiary/aromatic N) is 2. The van der Waals surface area contributed by atoms with E-state index in [-0.39, 0.29) is 5.91 Å². The predicted octanol–water partition coefficient (Wildman–Crippen LogP) is 6.67. The van der Waals surface area contributed by atoms with Gasteiger partial charge >= 0.3 is 0 Å². The van der Waals surface area contributed by atoms with Crippen molar-refractivity contribution in [1.82, 2.24) is 10.3 Å². The number of benzene rings is 2. The zero-order valence-corrected chi connectivity index (χ0v) is 19.9. The Balaban J connectivity index is 1.71. The SMILES string of the molecule is C/C=C\C=C(/CC)CNC(=O)c1ccc2c(c1)N=C(c1ncccc1C)c1ccccc1S2. The van der Waals surface area contributed by atoms with Crippen molar-refractivity contribution in [3.63, 3.8) is 0 Å². The van der Waals surface area contributed by atoms with E-state index in [0.717, 1.165) is 44.4 Å². The van der Waals surface area contributed by atoms with E-state index in [0.29, 0.717) is 12.1 Å². The van der Waals surface area contributed by atoms with Gasteiger partial charge in [-0.25, -0.2) is 4.99 Å². The van der Waals surface area contributed by atoms with Gasteiger partial charge in [-0.05, 0) is 56.2 Å². The smallest absolute Gasteiger partial charge is 0.251 e. The Kier molecular flexibility index (Phi) is 7.20. The molecule has 0 radical (unpaired) electrons. The standard InChI is InChI=1S/C28H27N3OS/c1-4-6-11-20(5-2)18-30-28(32)21-14-15-25-23(17-21)31-27(26-19(3)10-9-16-29-26)22-12-7-8-13-24(22)33-25/h4,6-17H,5,18H2,1-3H3,(H,30,32)/b6-4-,20-11+. The predicted molar refractivity (Wildman–Crippen MR) is 137 cm³/mol. The minimum Gasteiger partial charge on any atom is -0.348 e. The molecule has 1 aromatic heterocycles. The molecule has 3 aromatic rings. The van der Waals surface area contributed by atoms with Crippen LogP contribution in [0.5, 0.6) is 0 Å². The number of nitrogens with one attached hydrogen (secondary N) is 1. The van der Waals surface area contributed by atoms with Gasteiger partial charge in [-0.1, -0.05) is 66.8 Å². The van der Waals surface area contributed by atoms with E-state index in [4.69, 9.17) is 4.99 Å². The fourth-order valence-electron chi connectivity index (χ4n) is 3.63. The van der Waals surface area contributed by atoms with E-state index in [9.17, 15) is 4.79 Å². The first-order valence-electron chi connectivity index (χ1n) is 11.1. The highest BCUT2D eigenvalue weighted by molar-refractivity contribution is 7.99. The highest BCUT2D eigenvalue weighted by atomic mass is 32.2. The number of aryl methyl sites for hydroxylation is 1. The summed E-state index contributed by atoms with van der Waals surface area (Å²) in [4.78, 5) is 24.7. The molecule has 0 unspecified atom stereocenters. The van der Waals surface area contributed by atoms with Crippen molar-refractivity contribution in [3.8, 4) is 0 Å². The Morgan fingerprint density at radius 1 is 1.09 bits per heavy atom. The molecule has 1 N–H and O–H groups in total. The maximum atomic E-state index is 12.9. The number of pyridine rings is 1. The second-order valence-electron chi connectivity index (χ2n) is 7.80. The average molecular weight is 454 g/mol. The molecule has 0 saturated carbocycles. The monoisotopic (exact) mass is 453 g/mol. The number of aliphatic imine (C=N–C) groups is 1. The molecule has 0 aliphatic carbocycles. The second-order valence-corrected chi connectivity index (χ2v) is 8.88. The summed E-state index contributed by atoms with van der Waals surface area (Å²) in [5, 5.41) is 3.04. The number of allylic oxidation sites excluding steroid dienone is 3. The minimum absolute atomic E-state index is 0.102. The number of amides is 1. The first-order valence-corrected chi connectivity index (χ1v) is 11.9.